The van der Waals surface area contributed by atoms with Crippen LogP contribution >= 0.6 is 0 Å². The van der Waals surface area contributed by atoms with Crippen LogP contribution in [0.2, 0.25) is 0 Å². The summed E-state index contributed by atoms with van der Waals surface area (Å²) in [6, 6.07) is 6.74. The van der Waals surface area contributed by atoms with Crippen LogP contribution in [0.25, 0.3) is 0 Å². The van der Waals surface area contributed by atoms with E-state index in [9.17, 15) is 13.2 Å². The van der Waals surface area contributed by atoms with E-state index in [0.29, 0.717) is 31.1 Å². The lowest BCUT2D eigenvalue weighted by molar-refractivity contribution is -0.145. The van der Waals surface area contributed by atoms with E-state index in [2.05, 4.69) is 11.8 Å². The lowest BCUT2D eigenvalue weighted by Crippen LogP contribution is -2.55. The number of sulfonamides is 1. The Hall–Kier alpha value is -1.44. The Morgan fingerprint density at radius 1 is 1.20 bits per heavy atom. The zero-order valence-corrected chi connectivity index (χ0v) is 16.1. The minimum absolute atomic E-state index is 0.145. The van der Waals surface area contributed by atoms with Crippen LogP contribution in [0.5, 0.6) is 0 Å². The number of aryl methyl sites for hydroxylation is 1. The van der Waals surface area contributed by atoms with E-state index < -0.39 is 10.0 Å². The number of ether oxygens (including phenoxy) is 1. The summed E-state index contributed by atoms with van der Waals surface area (Å²) in [7, 11) is -3.54. The van der Waals surface area contributed by atoms with Crippen molar-refractivity contribution in [3.05, 3.63) is 29.8 Å². The Labute approximate surface area is 150 Å². The number of carbonyl (C=O) groups is 1. The topological polar surface area (TPSA) is 66.9 Å². The smallest absolute Gasteiger partial charge is 0.307 e. The Balaban J connectivity index is 2.16. The van der Waals surface area contributed by atoms with Gasteiger partial charge >= 0.3 is 5.97 Å². The first-order valence-electron chi connectivity index (χ1n) is 8.85. The Morgan fingerprint density at radius 3 is 2.48 bits per heavy atom. The number of carbonyl (C=O) groups excluding carboxylic acids is 1. The van der Waals surface area contributed by atoms with Gasteiger partial charge in [0.15, 0.2) is 0 Å². The fourth-order valence-corrected chi connectivity index (χ4v) is 4.60. The fraction of sp³-hybridized carbons (Fsp3) is 0.611. The van der Waals surface area contributed by atoms with E-state index in [1.807, 2.05) is 6.92 Å². The van der Waals surface area contributed by atoms with E-state index >= 15 is 0 Å². The average molecular weight is 368 g/mol. The molecule has 0 amide bonds. The standard InChI is InChI=1S/C18H28N2O4S/c1-4-10-19-11-12-20(14-16(19)13-18(21)24-5-2)25(22,23)17-8-6-15(3)7-9-17/h6-9,16H,4-5,10-14H2,1-3H3. The summed E-state index contributed by atoms with van der Waals surface area (Å²) in [4.78, 5) is 14.4. The van der Waals surface area contributed by atoms with Gasteiger partial charge in [0.25, 0.3) is 0 Å². The third kappa shape index (κ3) is 5.03. The number of hydrogen-bond donors (Lipinski definition) is 0. The van der Waals surface area contributed by atoms with Crippen molar-refractivity contribution in [1.82, 2.24) is 9.21 Å². The molecule has 0 saturated carbocycles. The van der Waals surface area contributed by atoms with Gasteiger partial charge in [0.05, 0.1) is 17.9 Å². The molecule has 1 heterocycles. The van der Waals surface area contributed by atoms with Crippen LogP contribution in [0, 0.1) is 6.92 Å². The molecular weight excluding hydrogens is 340 g/mol. The molecule has 1 aliphatic heterocycles. The van der Waals surface area contributed by atoms with Gasteiger partial charge in [-0.05, 0) is 38.9 Å². The Kier molecular flexibility index (Phi) is 6.98. The van der Waals surface area contributed by atoms with E-state index in [-0.39, 0.29) is 18.4 Å². The van der Waals surface area contributed by atoms with E-state index in [4.69, 9.17) is 4.74 Å². The maximum absolute atomic E-state index is 12.9. The van der Waals surface area contributed by atoms with E-state index in [1.165, 1.54) is 4.31 Å². The zero-order valence-electron chi connectivity index (χ0n) is 15.3. The van der Waals surface area contributed by atoms with Crippen molar-refractivity contribution in [2.24, 2.45) is 0 Å². The molecule has 0 aliphatic carbocycles. The summed E-state index contributed by atoms with van der Waals surface area (Å²) in [5.74, 6) is -0.275. The third-order valence-electron chi connectivity index (χ3n) is 4.44. The molecule has 140 valence electrons. The second kappa shape index (κ2) is 8.78. The highest BCUT2D eigenvalue weighted by Crippen LogP contribution is 2.22. The molecule has 1 fully saturated rings. The van der Waals surface area contributed by atoms with Crippen LogP contribution in [0.15, 0.2) is 29.2 Å². The normalized spacial score (nSPS) is 19.7. The first-order chi connectivity index (χ1) is 11.9. The molecule has 2 rings (SSSR count). The summed E-state index contributed by atoms with van der Waals surface area (Å²) < 4.78 is 32.4. The lowest BCUT2D eigenvalue weighted by atomic mass is 10.1. The summed E-state index contributed by atoms with van der Waals surface area (Å²) in [5, 5.41) is 0. The van der Waals surface area contributed by atoms with Gasteiger partial charge in [-0.2, -0.15) is 4.31 Å². The fourth-order valence-electron chi connectivity index (χ4n) is 3.13. The van der Waals surface area contributed by atoms with Gasteiger partial charge < -0.3 is 4.74 Å². The van der Waals surface area contributed by atoms with Gasteiger partial charge in [-0.15, -0.1) is 0 Å². The molecule has 1 aromatic carbocycles. The molecule has 7 heteroatoms. The van der Waals surface area contributed by atoms with Crippen LogP contribution in [-0.4, -0.2) is 62.4 Å². The summed E-state index contributed by atoms with van der Waals surface area (Å²) in [6.45, 7) is 8.35. The highest BCUT2D eigenvalue weighted by molar-refractivity contribution is 7.89. The highest BCUT2D eigenvalue weighted by Gasteiger charge is 2.35. The van der Waals surface area contributed by atoms with Crippen molar-refractivity contribution in [2.45, 2.75) is 44.6 Å². The Morgan fingerprint density at radius 2 is 1.88 bits per heavy atom. The van der Waals surface area contributed by atoms with Crippen LogP contribution < -0.4 is 0 Å². The maximum atomic E-state index is 12.9. The third-order valence-corrected chi connectivity index (χ3v) is 6.32. The zero-order chi connectivity index (χ0) is 18.4. The SMILES string of the molecule is CCCN1CCN(S(=O)(=O)c2ccc(C)cc2)CC1CC(=O)OCC. The van der Waals surface area contributed by atoms with Gasteiger partial charge in [0, 0.05) is 25.7 Å². The largest absolute Gasteiger partial charge is 0.466 e. The number of esters is 1. The first kappa shape index (κ1) is 19.9. The lowest BCUT2D eigenvalue weighted by Gasteiger charge is -2.40. The molecule has 0 aromatic heterocycles. The second-order valence-electron chi connectivity index (χ2n) is 6.38. The van der Waals surface area contributed by atoms with E-state index in [0.717, 1.165) is 18.5 Å². The second-order valence-corrected chi connectivity index (χ2v) is 8.31. The van der Waals surface area contributed by atoms with Crippen molar-refractivity contribution in [2.75, 3.05) is 32.8 Å². The van der Waals surface area contributed by atoms with Gasteiger partial charge in [0.1, 0.15) is 0 Å². The number of hydrogen-bond acceptors (Lipinski definition) is 5. The molecule has 25 heavy (non-hydrogen) atoms. The molecule has 1 aliphatic rings. The number of rotatable bonds is 7. The molecule has 1 saturated heterocycles. The first-order valence-corrected chi connectivity index (χ1v) is 10.3. The molecule has 1 aromatic rings. The summed E-state index contributed by atoms with van der Waals surface area (Å²) in [5.41, 5.74) is 1.02. The van der Waals surface area contributed by atoms with Crippen molar-refractivity contribution < 1.29 is 17.9 Å². The molecule has 0 spiro atoms. The molecule has 6 nitrogen and oxygen atoms in total. The number of benzene rings is 1. The minimum Gasteiger partial charge on any atom is -0.466 e. The molecule has 1 unspecified atom stereocenters. The molecule has 0 bridgehead atoms. The summed E-state index contributed by atoms with van der Waals surface area (Å²) in [6.07, 6.45) is 1.18. The van der Waals surface area contributed by atoms with Crippen molar-refractivity contribution >= 4 is 16.0 Å². The molecular formula is C18H28N2O4S. The number of nitrogens with zero attached hydrogens (tertiary/aromatic N) is 2. The predicted molar refractivity (Wildman–Crippen MR) is 96.8 cm³/mol. The maximum Gasteiger partial charge on any atom is 0.307 e. The van der Waals surface area contributed by atoms with Gasteiger partial charge in [-0.3, -0.25) is 9.69 Å². The van der Waals surface area contributed by atoms with Crippen LogP contribution in [0.3, 0.4) is 0 Å². The van der Waals surface area contributed by atoms with Crippen LogP contribution in [0.1, 0.15) is 32.3 Å². The molecule has 1 atom stereocenters. The Bertz CT molecular complexity index is 673. The van der Waals surface area contributed by atoms with Crippen molar-refractivity contribution in [3.8, 4) is 0 Å². The quantitative estimate of drug-likeness (QED) is 0.689. The van der Waals surface area contributed by atoms with E-state index in [1.54, 1.807) is 31.2 Å². The summed E-state index contributed by atoms with van der Waals surface area (Å²) >= 11 is 0. The van der Waals surface area contributed by atoms with Crippen LogP contribution in [0.4, 0.5) is 0 Å². The monoisotopic (exact) mass is 368 g/mol. The highest BCUT2D eigenvalue weighted by atomic mass is 32.2. The average Bonchev–Trinajstić information content (AvgIpc) is 2.57. The van der Waals surface area contributed by atoms with Gasteiger partial charge in [-0.25, -0.2) is 8.42 Å². The van der Waals surface area contributed by atoms with Crippen molar-refractivity contribution in [3.63, 3.8) is 0 Å². The molecule has 0 N–H and O–H groups in total. The predicted octanol–water partition coefficient (Wildman–Crippen LogP) is 2.03. The minimum atomic E-state index is -3.54. The van der Waals surface area contributed by atoms with Gasteiger partial charge in [-0.1, -0.05) is 24.6 Å². The van der Waals surface area contributed by atoms with Crippen LogP contribution in [-0.2, 0) is 19.6 Å². The van der Waals surface area contributed by atoms with Gasteiger partial charge in [0.2, 0.25) is 10.0 Å². The molecule has 0 radical (unpaired) electrons. The van der Waals surface area contributed by atoms with Crippen molar-refractivity contribution in [1.29, 1.82) is 0 Å². The number of piperazine rings is 1.